The van der Waals surface area contributed by atoms with Crippen LogP contribution >= 0.6 is 0 Å². The first kappa shape index (κ1) is 27.6. The summed E-state index contributed by atoms with van der Waals surface area (Å²) in [6.07, 6.45) is 0. The van der Waals surface area contributed by atoms with Gasteiger partial charge in [0.1, 0.15) is 11.9 Å². The van der Waals surface area contributed by atoms with E-state index in [-0.39, 0.29) is 39.5 Å². The molecule has 0 amide bonds. The third-order valence-electron chi connectivity index (χ3n) is 3.67. The van der Waals surface area contributed by atoms with Crippen molar-refractivity contribution in [3.05, 3.63) is 83.3 Å². The van der Waals surface area contributed by atoms with E-state index in [1.807, 2.05) is 12.1 Å². The zero-order chi connectivity index (χ0) is 22.5. The Morgan fingerprint density at radius 2 is 0.871 bits per heavy atom. The number of aliphatic carboxylic acids is 2. The molecule has 0 aliphatic heterocycles. The third-order valence-corrected chi connectivity index (χ3v) is 3.67. The molecule has 0 saturated heterocycles. The van der Waals surface area contributed by atoms with Crippen molar-refractivity contribution < 1.29 is 55.2 Å². The second-order valence-electron chi connectivity index (χ2n) is 5.44. The number of hydrogen-bond donors (Lipinski definition) is 0. The van der Waals surface area contributed by atoms with Gasteiger partial charge in [-0.25, -0.2) is 0 Å². The zero-order valence-electron chi connectivity index (χ0n) is 17.4. The Bertz CT molecular complexity index is 817. The summed E-state index contributed by atoms with van der Waals surface area (Å²) in [6, 6.07) is 17.6. The number of carboxylic acids is 2. The number of carboxylic acid groups (broad SMARTS) is 2. The van der Waals surface area contributed by atoms with Gasteiger partial charge in [0.25, 0.3) is 0 Å². The number of hydrogen-bond acceptors (Lipinski definition) is 8. The van der Waals surface area contributed by atoms with Crippen LogP contribution in [0.2, 0.25) is 0 Å². The first-order chi connectivity index (χ1) is 14.4. The van der Waals surface area contributed by atoms with Gasteiger partial charge in [-0.05, 0) is 0 Å². The smallest absolute Gasteiger partial charge is 0.541 e. The molecule has 0 atom stereocenters. The summed E-state index contributed by atoms with van der Waals surface area (Å²) < 4.78 is 19.4. The van der Waals surface area contributed by atoms with Crippen LogP contribution in [0.25, 0.3) is 11.5 Å². The summed E-state index contributed by atoms with van der Waals surface area (Å²) in [5.41, 5.74) is 1.25. The van der Waals surface area contributed by atoms with Crippen LogP contribution in [-0.2, 0) is 45.0 Å². The average Bonchev–Trinajstić information content (AvgIpc) is 2.76. The van der Waals surface area contributed by atoms with Crippen molar-refractivity contribution in [1.82, 2.24) is 0 Å². The summed E-state index contributed by atoms with van der Waals surface area (Å²) in [5.74, 6) is -3.14. The van der Waals surface area contributed by atoms with Gasteiger partial charge in [0.2, 0.25) is 0 Å². The molecule has 2 aromatic carbocycles. The maximum atomic E-state index is 10.7. The first-order valence-corrected chi connectivity index (χ1v) is 8.59. The molecule has 0 fully saturated rings. The SMILES string of the molecule is COC(C(=O)[O-])=C(OC)c1ccccc1.COC(C(=O)[O-])=C(OC)c1ccccc1.[Ni+2]. The van der Waals surface area contributed by atoms with Crippen molar-refractivity contribution in [1.29, 1.82) is 0 Å². The molecule has 0 N–H and O–H groups in total. The first-order valence-electron chi connectivity index (χ1n) is 8.59. The molecular weight excluding hydrogens is 451 g/mol. The minimum atomic E-state index is -1.40. The van der Waals surface area contributed by atoms with Crippen LogP contribution in [0.4, 0.5) is 0 Å². The van der Waals surface area contributed by atoms with Crippen LogP contribution in [0.1, 0.15) is 11.1 Å². The average molecular weight is 473 g/mol. The largest absolute Gasteiger partial charge is 2.00 e. The fourth-order valence-corrected chi connectivity index (χ4v) is 2.40. The quantitative estimate of drug-likeness (QED) is 0.314. The number of carbonyl (C=O) groups is 2. The fraction of sp³-hybridized carbons (Fsp3) is 0.182. The normalized spacial score (nSPS) is 11.2. The molecular formula is C22H22NiO8. The van der Waals surface area contributed by atoms with Gasteiger partial charge in [-0.2, -0.15) is 0 Å². The van der Waals surface area contributed by atoms with E-state index in [1.165, 1.54) is 28.4 Å². The standard InChI is InChI=1S/2C11H12O4.Ni/c2*1-14-9(10(15-2)11(12)13)8-6-4-3-5-7-8;/h2*3-7H,1-2H3,(H,12,13);/q;;+2/p-2. The van der Waals surface area contributed by atoms with Crippen LogP contribution in [0, 0.1) is 0 Å². The Labute approximate surface area is 190 Å². The van der Waals surface area contributed by atoms with E-state index in [2.05, 4.69) is 0 Å². The van der Waals surface area contributed by atoms with Crippen LogP contribution < -0.4 is 10.2 Å². The number of methoxy groups -OCH3 is 4. The predicted molar refractivity (Wildman–Crippen MR) is 105 cm³/mol. The van der Waals surface area contributed by atoms with Crippen molar-refractivity contribution >= 4 is 23.5 Å². The molecule has 2 aromatic rings. The maximum Gasteiger partial charge on any atom is 2.00 e. The van der Waals surface area contributed by atoms with Gasteiger partial charge in [-0.3, -0.25) is 0 Å². The van der Waals surface area contributed by atoms with Crippen molar-refractivity contribution in [3.8, 4) is 0 Å². The number of rotatable bonds is 8. The number of carbonyl (C=O) groups excluding carboxylic acids is 2. The zero-order valence-corrected chi connectivity index (χ0v) is 18.3. The molecule has 0 heterocycles. The summed E-state index contributed by atoms with van der Waals surface area (Å²) in [7, 11) is 5.27. The minimum Gasteiger partial charge on any atom is -0.541 e. The second-order valence-corrected chi connectivity index (χ2v) is 5.44. The number of benzene rings is 2. The van der Waals surface area contributed by atoms with Crippen molar-refractivity contribution in [2.24, 2.45) is 0 Å². The Balaban J connectivity index is 0.000000562. The Kier molecular flexibility index (Phi) is 12.9. The van der Waals surface area contributed by atoms with E-state index in [0.29, 0.717) is 11.1 Å². The van der Waals surface area contributed by atoms with E-state index in [9.17, 15) is 19.8 Å². The molecule has 0 bridgehead atoms. The van der Waals surface area contributed by atoms with Crippen molar-refractivity contribution in [2.45, 2.75) is 0 Å². The Morgan fingerprint density at radius 3 is 1.06 bits per heavy atom. The Hall–Kier alpha value is -3.45. The predicted octanol–water partition coefficient (Wildman–Crippen LogP) is 0.793. The maximum absolute atomic E-state index is 10.7. The van der Waals surface area contributed by atoms with Crippen LogP contribution in [0.3, 0.4) is 0 Å². The number of ether oxygens (including phenoxy) is 4. The van der Waals surface area contributed by atoms with Crippen molar-refractivity contribution in [3.63, 3.8) is 0 Å². The molecule has 168 valence electrons. The Morgan fingerprint density at radius 1 is 0.581 bits per heavy atom. The van der Waals surface area contributed by atoms with E-state index in [1.54, 1.807) is 48.5 Å². The molecule has 8 nitrogen and oxygen atoms in total. The van der Waals surface area contributed by atoms with E-state index in [0.717, 1.165) is 0 Å². The van der Waals surface area contributed by atoms with Gasteiger partial charge in [-0.15, -0.1) is 0 Å². The van der Waals surface area contributed by atoms with E-state index >= 15 is 0 Å². The molecule has 0 radical (unpaired) electrons. The third kappa shape index (κ3) is 8.06. The van der Waals surface area contributed by atoms with E-state index in [4.69, 9.17) is 18.9 Å². The van der Waals surface area contributed by atoms with Gasteiger partial charge < -0.3 is 38.7 Å². The van der Waals surface area contributed by atoms with Crippen LogP contribution in [-0.4, -0.2) is 40.4 Å². The minimum absolute atomic E-state index is 0. The molecule has 0 saturated carbocycles. The second kappa shape index (κ2) is 14.5. The molecule has 2 rings (SSSR count). The molecule has 0 spiro atoms. The molecule has 0 aliphatic rings. The summed E-state index contributed by atoms with van der Waals surface area (Å²) >= 11 is 0. The topological polar surface area (TPSA) is 117 Å². The van der Waals surface area contributed by atoms with Gasteiger partial charge >= 0.3 is 16.5 Å². The van der Waals surface area contributed by atoms with Gasteiger partial charge in [-0.1, -0.05) is 60.7 Å². The monoisotopic (exact) mass is 472 g/mol. The summed E-state index contributed by atoms with van der Waals surface area (Å²) in [5, 5.41) is 21.5. The molecule has 0 unspecified atom stereocenters. The van der Waals surface area contributed by atoms with E-state index < -0.39 is 11.9 Å². The molecule has 0 aromatic heterocycles. The van der Waals surface area contributed by atoms with Crippen molar-refractivity contribution in [2.75, 3.05) is 28.4 Å². The fourth-order valence-electron chi connectivity index (χ4n) is 2.40. The molecule has 0 aliphatic carbocycles. The summed E-state index contributed by atoms with van der Waals surface area (Å²) in [4.78, 5) is 21.5. The molecule has 31 heavy (non-hydrogen) atoms. The summed E-state index contributed by atoms with van der Waals surface area (Å²) in [6.45, 7) is 0. The van der Waals surface area contributed by atoms with Gasteiger partial charge in [0.05, 0.1) is 28.4 Å². The van der Waals surface area contributed by atoms with Crippen LogP contribution in [0.5, 0.6) is 0 Å². The van der Waals surface area contributed by atoms with Crippen LogP contribution in [0.15, 0.2) is 72.2 Å². The van der Waals surface area contributed by atoms with Gasteiger partial charge in [0.15, 0.2) is 23.0 Å². The molecule has 9 heteroatoms. The van der Waals surface area contributed by atoms with Gasteiger partial charge in [0, 0.05) is 11.1 Å².